The Hall–Kier alpha value is -3.84. The van der Waals surface area contributed by atoms with Crippen LogP contribution in [0.5, 0.6) is 0 Å². The van der Waals surface area contributed by atoms with Crippen LogP contribution < -0.4 is 10.9 Å². The zero-order valence-electron chi connectivity index (χ0n) is 71.1. The van der Waals surface area contributed by atoms with Crippen molar-refractivity contribution in [3.8, 4) is 0 Å². The molecule has 2 heterocycles. The van der Waals surface area contributed by atoms with Crippen LogP contribution >= 0.6 is 80.9 Å². The molecule has 0 aromatic heterocycles. The van der Waals surface area contributed by atoms with Crippen LogP contribution in [0.1, 0.15) is 251 Å². The Kier molecular flexibility index (Phi) is 33.1. The molecule has 0 amide bonds. The van der Waals surface area contributed by atoms with Crippen molar-refractivity contribution in [3.05, 3.63) is 245 Å². The molecule has 2 N–H and O–H groups in total. The molecule has 2 saturated heterocycles. The number of hydrogen-bond acceptors (Lipinski definition) is 6. The Morgan fingerprint density at radius 2 is 0.581 bits per heavy atom. The van der Waals surface area contributed by atoms with E-state index in [9.17, 15) is 26.3 Å². The molecule has 7 aromatic carbocycles. The summed E-state index contributed by atoms with van der Waals surface area (Å²) in [4.78, 5) is 0. The molecular weight excluding hydrogens is 1970 g/mol. The summed E-state index contributed by atoms with van der Waals surface area (Å²) in [7, 11) is -0.469. The van der Waals surface area contributed by atoms with Gasteiger partial charge in [0.05, 0.1) is 13.2 Å². The Labute approximate surface area is 781 Å². The van der Waals surface area contributed by atoms with Crippen molar-refractivity contribution in [2.75, 3.05) is 39.6 Å². The van der Waals surface area contributed by atoms with Gasteiger partial charge in [-0.15, -0.1) is 0 Å². The maximum atomic E-state index is 12.3. The number of alkyl halides is 9. The third kappa shape index (κ3) is 22.7. The average Bonchev–Trinajstić information content (AvgIpc) is 0.712. The van der Waals surface area contributed by atoms with Crippen molar-refractivity contribution < 1.29 is 64.5 Å². The second kappa shape index (κ2) is 40.7. The van der Waals surface area contributed by atoms with E-state index in [0.717, 1.165) is 103 Å². The van der Waals surface area contributed by atoms with Gasteiger partial charge in [-0.05, 0) is 354 Å². The monoisotopic (exact) mass is 2100 g/mol. The molecule has 7 aromatic rings. The number of hydrogen-bond donors (Lipinski definition) is 2. The molecule has 2 aliphatic heterocycles. The van der Waals surface area contributed by atoms with E-state index in [1.807, 2.05) is 0 Å². The first kappa shape index (κ1) is 101. The zero-order valence-corrected chi connectivity index (χ0v) is 79.1. The fourth-order valence-corrected chi connectivity index (χ4v) is 32.1. The first-order valence-electron chi connectivity index (χ1n) is 44.1. The van der Waals surface area contributed by atoms with Crippen molar-refractivity contribution in [3.63, 3.8) is 0 Å². The summed E-state index contributed by atoms with van der Waals surface area (Å²) in [6, 6.07) is 66.0. The van der Waals surface area contributed by atoms with Gasteiger partial charge in [0, 0.05) is 54.1 Å². The van der Waals surface area contributed by atoms with Gasteiger partial charge in [-0.25, -0.2) is 0 Å². The van der Waals surface area contributed by atoms with Gasteiger partial charge in [0.25, 0.3) is 0 Å². The van der Waals surface area contributed by atoms with E-state index in [0.29, 0.717) is 36.8 Å². The van der Waals surface area contributed by atoms with E-state index in [2.05, 4.69) is 260 Å². The van der Waals surface area contributed by atoms with Gasteiger partial charge in [-0.3, -0.25) is 0 Å². The molecule has 20 heteroatoms. The molecular formula is C104H132B2BrF6I3O8. The summed E-state index contributed by atoms with van der Waals surface area (Å²) in [5, 5.41) is 16.9. The summed E-state index contributed by atoms with van der Waals surface area (Å²) in [5.41, 5.74) is 14.1. The van der Waals surface area contributed by atoms with E-state index in [-0.39, 0.29) is 66.0 Å². The topological polar surface area (TPSA) is 117 Å². The third-order valence-electron chi connectivity index (χ3n) is 30.2. The number of rotatable bonds is 11. The van der Waals surface area contributed by atoms with Gasteiger partial charge in [0.15, 0.2) is 0 Å². The van der Waals surface area contributed by atoms with Crippen molar-refractivity contribution >= 4 is 106 Å². The molecule has 25 rings (SSSR count). The molecule has 124 heavy (non-hydrogen) atoms. The summed E-state index contributed by atoms with van der Waals surface area (Å²) < 4.78 is 105. The molecule has 0 spiro atoms. The fourth-order valence-electron chi connectivity index (χ4n) is 26.7. The quantitative estimate of drug-likeness (QED) is 0.0333. The minimum absolute atomic E-state index is 0. The Balaban J connectivity index is 0.000000153. The summed E-state index contributed by atoms with van der Waals surface area (Å²) in [6.45, 7) is 24.4. The molecule has 18 fully saturated rings. The number of halogens is 10. The largest absolute Gasteiger partial charge is 0.0622 e. The smallest absolute Gasteiger partial charge is 0.00332 e. The summed E-state index contributed by atoms with van der Waals surface area (Å²) in [6.07, 6.45) is 34.3. The van der Waals surface area contributed by atoms with Crippen molar-refractivity contribution in [1.82, 2.24) is 0 Å². The SMILES string of the molecule is BrC12CC3CC(CC(C3)C1)C2.C.C.C.CC(C)(CO)CO.CC1(C)COB(c2ccc(C34CC5CC(C3)CC(c3ccc(B6OCC(C)(C)CO6)cc3)(C5)C4)cc2)OC1.FC(F)(F)I(c1ccccc1)C(F)(F)F.Ic1ccc(C23CC4CC(C2)CC(c2ccc(I)cc2)(C4)C3)cc1.[C-]#[O+].[C-]#[O+].c1ccc(C23CC4CC(C2)CC(c2ccccc2)(C4)C3)cc1. The minimum Gasteiger partial charge on any atom is -0.0622 e. The van der Waals surface area contributed by atoms with Gasteiger partial charge in [-0.2, -0.15) is 0 Å². The van der Waals surface area contributed by atoms with Crippen molar-refractivity contribution in [1.29, 1.82) is 0 Å². The Morgan fingerprint density at radius 1 is 0.363 bits per heavy atom. The van der Waals surface area contributed by atoms with E-state index in [1.165, 1.54) is 171 Å². The molecule has 16 bridgehead atoms. The number of aliphatic hydroxyl groups excluding tert-OH is 2. The Bertz CT molecular complexity index is 4280. The van der Waals surface area contributed by atoms with Gasteiger partial charge in [-0.1, -0.05) is 213 Å². The van der Waals surface area contributed by atoms with Crippen LogP contribution in [0.2, 0.25) is 0 Å². The van der Waals surface area contributed by atoms with Crippen molar-refractivity contribution in [2.24, 2.45) is 69.5 Å². The van der Waals surface area contributed by atoms with Crippen LogP contribution in [-0.4, -0.2) is 76.8 Å². The van der Waals surface area contributed by atoms with Crippen LogP contribution in [0, 0.1) is 93.5 Å². The van der Waals surface area contributed by atoms with Crippen LogP contribution in [0.15, 0.2) is 188 Å². The molecule has 16 aliphatic carbocycles. The second-order valence-electron chi connectivity index (χ2n) is 41.8. The average molecular weight is 2110 g/mol. The van der Waals surface area contributed by atoms with Gasteiger partial charge < -0.3 is 28.8 Å². The van der Waals surface area contributed by atoms with Crippen molar-refractivity contribution in [2.45, 2.75) is 263 Å². The van der Waals surface area contributed by atoms with Crippen LogP contribution in [0.3, 0.4) is 0 Å². The molecule has 18 aliphatic rings. The molecule has 0 unspecified atom stereocenters. The van der Waals surface area contributed by atoms with Gasteiger partial charge >= 0.3 is 125 Å². The molecule has 0 atom stereocenters. The number of aliphatic hydroxyl groups is 2. The van der Waals surface area contributed by atoms with Crippen LogP contribution in [0.4, 0.5) is 26.3 Å². The summed E-state index contributed by atoms with van der Waals surface area (Å²) >= 11 is 3.65. The predicted octanol–water partition coefficient (Wildman–Crippen LogP) is 26.8. The second-order valence-corrected chi connectivity index (χ2v) is 51.3. The maximum absolute atomic E-state index is 12.3. The van der Waals surface area contributed by atoms with Gasteiger partial charge in [0.1, 0.15) is 0 Å². The van der Waals surface area contributed by atoms with Crippen LogP contribution in [-0.2, 0) is 60.4 Å². The fraction of sp³-hybridized carbons (Fsp3) is 0.577. The molecule has 8 nitrogen and oxygen atoms in total. The minimum atomic E-state index is -5.17. The molecule has 16 saturated carbocycles. The number of benzene rings is 7. The van der Waals surface area contributed by atoms with E-state index >= 15 is 0 Å². The predicted molar refractivity (Wildman–Crippen MR) is 517 cm³/mol. The van der Waals surface area contributed by atoms with E-state index < -0.39 is 31.8 Å². The maximum Gasteiger partial charge on any atom is -0.00332 e. The van der Waals surface area contributed by atoms with Crippen LogP contribution in [0.25, 0.3) is 0 Å². The normalized spacial score (nSPS) is 32.7. The zero-order chi connectivity index (χ0) is 86.2. The van der Waals surface area contributed by atoms with E-state index in [1.54, 1.807) is 55.4 Å². The summed E-state index contributed by atoms with van der Waals surface area (Å²) in [5.74, 6) is 8.71. The van der Waals surface area contributed by atoms with Gasteiger partial charge in [0.2, 0.25) is 0 Å². The first-order valence-corrected chi connectivity index (χ1v) is 50.3. The van der Waals surface area contributed by atoms with E-state index in [4.69, 9.17) is 38.1 Å². The Morgan fingerprint density at radius 3 is 0.798 bits per heavy atom. The first-order chi connectivity index (χ1) is 57.6. The molecule has 672 valence electrons. The molecule has 0 radical (unpaired) electrons. The third-order valence-corrected chi connectivity index (χ3v) is 37.0. The standard InChI is InChI=1S/C32H42B2O4.C22H22I2.C22H24.C10H15Br.C8H5F6I.C5H12O2.2CO.3CH4/c1-29(2)19-35-33(36-20-29)27-9-5-25(6-10-27)31-14-23-13-24(15-31)17-32(16-23,18-31)26-7-11-28(12-8-26)34-37-21-30(3,4)22-38-34;23-19-5-1-17(2-6-19)21-10-15-9-16(11-21)13-22(12-15,14-21)18-3-7-20(24)8-4-18;1-3-7-19(8-4-1)21-12-17-11-18(13-21)15-22(14-17,16-21)20-9-5-2-6-10-20;11-10-4-7-1-8(5-10)3-9(2-7)6-10;9-7(10,11)15(8(12,13)14)6-4-2-1-3-5-6;1-5(2,3-6)4-7;2*1-2;;;/h5-12,23-24H,13-22H2,1-4H3;1-8,15-16H,9-14H2;1-10,17-18H,11-16H2;7-9H,1-6H2;1-5H;6-7H,3-4H2,1-2H3;;;3*1H4.